The zero-order chi connectivity index (χ0) is 17.4. The number of carbonyl (C=O) groups is 1. The highest BCUT2D eigenvalue weighted by atomic mass is 32.2. The average molecular weight is 353 g/mol. The summed E-state index contributed by atoms with van der Waals surface area (Å²) in [5, 5.41) is 21.6. The van der Waals surface area contributed by atoms with E-state index in [1.807, 2.05) is 11.8 Å². The van der Waals surface area contributed by atoms with Gasteiger partial charge < -0.3 is 15.4 Å². The number of hydrogen-bond donors (Lipinski definition) is 3. The first kappa shape index (κ1) is 19.3. The van der Waals surface area contributed by atoms with Gasteiger partial charge in [0.2, 0.25) is 0 Å². The standard InChI is InChI=1S/C17H25BFNO3S/c19-16-9-8-13(18(22)23)12-15(16)17(21)20-10-11-24-14-6-4-2-1-3-5-7-14/h8-9,12,14,22-23H,1-7,10-11H2,(H,20,21). The summed E-state index contributed by atoms with van der Waals surface area (Å²) in [4.78, 5) is 12.1. The minimum atomic E-state index is -1.72. The Morgan fingerprint density at radius 3 is 2.54 bits per heavy atom. The molecule has 3 N–H and O–H groups in total. The molecule has 0 heterocycles. The quantitative estimate of drug-likeness (QED) is 0.541. The summed E-state index contributed by atoms with van der Waals surface area (Å²) in [6, 6.07) is 3.51. The van der Waals surface area contributed by atoms with Crippen LogP contribution in [0, 0.1) is 5.82 Å². The Bertz CT molecular complexity index is 537. The maximum Gasteiger partial charge on any atom is 0.488 e. The van der Waals surface area contributed by atoms with E-state index in [2.05, 4.69) is 5.32 Å². The van der Waals surface area contributed by atoms with E-state index < -0.39 is 18.8 Å². The molecule has 0 aliphatic heterocycles. The minimum Gasteiger partial charge on any atom is -0.423 e. The Labute approximate surface area is 147 Å². The summed E-state index contributed by atoms with van der Waals surface area (Å²) >= 11 is 1.88. The third-order valence-corrected chi connectivity index (χ3v) is 5.71. The van der Waals surface area contributed by atoms with Crippen LogP contribution < -0.4 is 10.8 Å². The Morgan fingerprint density at radius 1 is 1.21 bits per heavy atom. The van der Waals surface area contributed by atoms with E-state index in [1.54, 1.807) is 0 Å². The lowest BCUT2D eigenvalue weighted by Crippen LogP contribution is -2.33. The third kappa shape index (κ3) is 6.11. The molecule has 24 heavy (non-hydrogen) atoms. The Balaban J connectivity index is 1.77. The van der Waals surface area contributed by atoms with E-state index in [4.69, 9.17) is 10.0 Å². The molecule has 1 aliphatic carbocycles. The van der Waals surface area contributed by atoms with Gasteiger partial charge in [0.1, 0.15) is 5.82 Å². The molecule has 0 unspecified atom stereocenters. The molecule has 1 saturated carbocycles. The fourth-order valence-electron chi connectivity index (χ4n) is 2.95. The first-order valence-electron chi connectivity index (χ1n) is 8.63. The molecule has 1 aromatic carbocycles. The van der Waals surface area contributed by atoms with Crippen molar-refractivity contribution in [2.75, 3.05) is 12.3 Å². The van der Waals surface area contributed by atoms with Gasteiger partial charge in [-0.3, -0.25) is 4.79 Å². The van der Waals surface area contributed by atoms with Crippen molar-refractivity contribution in [3.8, 4) is 0 Å². The summed E-state index contributed by atoms with van der Waals surface area (Å²) in [6.07, 6.45) is 9.03. The van der Waals surface area contributed by atoms with E-state index in [-0.39, 0.29) is 11.0 Å². The summed E-state index contributed by atoms with van der Waals surface area (Å²) in [5.41, 5.74) is -0.0537. The topological polar surface area (TPSA) is 69.6 Å². The van der Waals surface area contributed by atoms with Crippen molar-refractivity contribution < 1.29 is 19.2 Å². The Hall–Kier alpha value is -1.05. The van der Waals surface area contributed by atoms with Gasteiger partial charge in [0, 0.05) is 17.5 Å². The van der Waals surface area contributed by atoms with E-state index in [9.17, 15) is 9.18 Å². The molecule has 4 nitrogen and oxygen atoms in total. The van der Waals surface area contributed by atoms with Gasteiger partial charge in [-0.2, -0.15) is 11.8 Å². The second-order valence-corrected chi connectivity index (χ2v) is 7.62. The van der Waals surface area contributed by atoms with Crippen LogP contribution in [0.15, 0.2) is 18.2 Å². The van der Waals surface area contributed by atoms with E-state index in [1.165, 1.54) is 57.1 Å². The molecule has 0 radical (unpaired) electrons. The first-order chi connectivity index (χ1) is 11.6. The van der Waals surface area contributed by atoms with Gasteiger partial charge in [-0.15, -0.1) is 0 Å². The minimum absolute atomic E-state index is 0.102. The first-order valence-corrected chi connectivity index (χ1v) is 9.68. The van der Waals surface area contributed by atoms with E-state index >= 15 is 0 Å². The fourth-order valence-corrected chi connectivity index (χ4v) is 4.17. The van der Waals surface area contributed by atoms with Gasteiger partial charge in [-0.25, -0.2) is 4.39 Å². The van der Waals surface area contributed by atoms with Crippen LogP contribution in [0.4, 0.5) is 4.39 Å². The van der Waals surface area contributed by atoms with Crippen LogP contribution in [0.1, 0.15) is 55.3 Å². The zero-order valence-corrected chi connectivity index (χ0v) is 14.7. The SMILES string of the molecule is O=C(NCCSC1CCCCCCC1)c1cc(B(O)O)ccc1F. The third-order valence-electron chi connectivity index (χ3n) is 4.33. The van der Waals surface area contributed by atoms with Crippen molar-refractivity contribution in [1.29, 1.82) is 0 Å². The molecule has 1 amide bonds. The van der Waals surface area contributed by atoms with Crippen LogP contribution >= 0.6 is 11.8 Å². The van der Waals surface area contributed by atoms with Crippen LogP contribution in [0.5, 0.6) is 0 Å². The number of thioether (sulfide) groups is 1. The summed E-state index contributed by atoms with van der Waals surface area (Å²) in [6.45, 7) is 0.478. The largest absolute Gasteiger partial charge is 0.488 e. The lowest BCUT2D eigenvalue weighted by molar-refractivity contribution is 0.0952. The van der Waals surface area contributed by atoms with Crippen molar-refractivity contribution in [3.05, 3.63) is 29.6 Å². The molecular formula is C17H25BFNO3S. The smallest absolute Gasteiger partial charge is 0.423 e. The fraction of sp³-hybridized carbons (Fsp3) is 0.588. The molecule has 7 heteroatoms. The van der Waals surface area contributed by atoms with Crippen molar-refractivity contribution in [2.45, 2.75) is 50.2 Å². The average Bonchev–Trinajstić information content (AvgIpc) is 2.53. The number of amides is 1. The Kier molecular flexibility index (Phi) is 8.08. The van der Waals surface area contributed by atoms with Gasteiger partial charge in [0.15, 0.2) is 0 Å². The number of nitrogens with one attached hydrogen (secondary N) is 1. The summed E-state index contributed by atoms with van der Waals surface area (Å²) in [7, 11) is -1.72. The lowest BCUT2D eigenvalue weighted by Gasteiger charge is -2.19. The summed E-state index contributed by atoms with van der Waals surface area (Å²) in [5.74, 6) is -0.377. The van der Waals surface area contributed by atoms with Crippen LogP contribution in [0.3, 0.4) is 0 Å². The highest BCUT2D eigenvalue weighted by Gasteiger charge is 2.18. The van der Waals surface area contributed by atoms with E-state index in [0.717, 1.165) is 11.8 Å². The van der Waals surface area contributed by atoms with Gasteiger partial charge in [-0.1, -0.05) is 38.2 Å². The zero-order valence-electron chi connectivity index (χ0n) is 13.8. The van der Waals surface area contributed by atoms with Crippen molar-refractivity contribution >= 4 is 30.3 Å². The molecule has 0 aromatic heterocycles. The maximum atomic E-state index is 13.7. The predicted octanol–water partition coefficient (Wildman–Crippen LogP) is 2.08. The van der Waals surface area contributed by atoms with Gasteiger partial charge >= 0.3 is 7.12 Å². The molecular weight excluding hydrogens is 328 g/mol. The highest BCUT2D eigenvalue weighted by Crippen LogP contribution is 2.26. The molecule has 0 spiro atoms. The van der Waals surface area contributed by atoms with Crippen LogP contribution in [0.25, 0.3) is 0 Å². The molecule has 1 aliphatic rings. The Morgan fingerprint density at radius 2 is 1.88 bits per heavy atom. The van der Waals surface area contributed by atoms with Gasteiger partial charge in [-0.05, 0) is 30.4 Å². The highest BCUT2D eigenvalue weighted by molar-refractivity contribution is 7.99. The molecule has 0 atom stereocenters. The number of benzene rings is 1. The molecule has 0 saturated heterocycles. The van der Waals surface area contributed by atoms with E-state index in [0.29, 0.717) is 11.8 Å². The lowest BCUT2D eigenvalue weighted by atomic mass is 9.79. The number of carbonyl (C=O) groups excluding carboxylic acids is 1. The van der Waals surface area contributed by atoms with Gasteiger partial charge in [0.05, 0.1) is 5.56 Å². The monoisotopic (exact) mass is 353 g/mol. The summed E-state index contributed by atoms with van der Waals surface area (Å²) < 4.78 is 13.7. The number of rotatable bonds is 6. The van der Waals surface area contributed by atoms with Crippen molar-refractivity contribution in [3.63, 3.8) is 0 Å². The molecule has 1 fully saturated rings. The van der Waals surface area contributed by atoms with Gasteiger partial charge in [0.25, 0.3) is 5.91 Å². The van der Waals surface area contributed by atoms with Crippen LogP contribution in [-0.2, 0) is 0 Å². The molecule has 132 valence electrons. The van der Waals surface area contributed by atoms with Crippen molar-refractivity contribution in [1.82, 2.24) is 5.32 Å². The predicted molar refractivity (Wildman–Crippen MR) is 97.1 cm³/mol. The number of halogens is 1. The van der Waals surface area contributed by atoms with Crippen molar-refractivity contribution in [2.24, 2.45) is 0 Å². The van der Waals surface area contributed by atoms with Crippen LogP contribution in [-0.4, -0.2) is 40.6 Å². The second-order valence-electron chi connectivity index (χ2n) is 6.21. The maximum absolute atomic E-state index is 13.7. The second kappa shape index (κ2) is 10.1. The molecule has 0 bridgehead atoms. The molecule has 2 rings (SSSR count). The molecule has 1 aromatic rings. The van der Waals surface area contributed by atoms with Crippen LogP contribution in [0.2, 0.25) is 0 Å². The number of hydrogen-bond acceptors (Lipinski definition) is 4. The normalized spacial score (nSPS) is 16.3.